The van der Waals surface area contributed by atoms with Crippen LogP contribution in [-0.2, 0) is 0 Å². The Morgan fingerprint density at radius 2 is 1.85 bits per heavy atom. The Morgan fingerprint density at radius 1 is 0.923 bits per heavy atom. The Hall–Kier alpha value is 0.690. The van der Waals surface area contributed by atoms with Gasteiger partial charge in [0.15, 0.2) is 0 Å². The molecule has 2 aliphatic heterocycles. The maximum atomic E-state index is 3.78. The van der Waals surface area contributed by atoms with Crippen molar-refractivity contribution in [3.05, 3.63) is 0 Å². The molecular weight excluding hydrogens is 273 g/mol. The van der Waals surface area contributed by atoms with Gasteiger partial charge in [-0.2, -0.15) is 0 Å². The van der Waals surface area contributed by atoms with Gasteiger partial charge >= 0.3 is 92.4 Å². The fourth-order valence-electron chi connectivity index (χ4n) is 2.36. The first-order valence-corrected chi connectivity index (χ1v) is 8.53. The molecule has 0 amide bonds. The molecule has 2 saturated heterocycles. The van der Waals surface area contributed by atoms with E-state index in [4.69, 9.17) is 0 Å². The summed E-state index contributed by atoms with van der Waals surface area (Å²) in [6.07, 6.45) is 10.5. The Labute approximate surface area is 92.3 Å². The van der Waals surface area contributed by atoms with E-state index in [2.05, 4.69) is 5.32 Å². The van der Waals surface area contributed by atoms with Crippen molar-refractivity contribution in [3.8, 4) is 0 Å². The number of nitrogens with one attached hydrogen (secondary N) is 1. The molecule has 78 valence electrons. The van der Waals surface area contributed by atoms with Gasteiger partial charge in [-0.3, -0.25) is 0 Å². The van der Waals surface area contributed by atoms with Crippen LogP contribution >= 0.6 is 0 Å². The minimum atomic E-state index is 0.532. The zero-order valence-corrected chi connectivity index (χ0v) is 10.6. The molecular formula is C11H21IN-. The van der Waals surface area contributed by atoms with Crippen molar-refractivity contribution >= 4 is 0 Å². The summed E-state index contributed by atoms with van der Waals surface area (Å²) in [5, 5.41) is 3.78. The molecule has 0 aromatic carbocycles. The number of alkyl halides is 2. The van der Waals surface area contributed by atoms with Crippen molar-refractivity contribution in [1.29, 1.82) is 0 Å². The normalized spacial score (nSPS) is 37.5. The van der Waals surface area contributed by atoms with Gasteiger partial charge in [0, 0.05) is 0 Å². The molecule has 1 unspecified atom stereocenters. The molecule has 1 nitrogen and oxygen atoms in total. The van der Waals surface area contributed by atoms with E-state index in [-0.39, 0.29) is 0 Å². The Morgan fingerprint density at radius 3 is 2.85 bits per heavy atom. The molecule has 2 heterocycles. The Kier molecular flexibility index (Phi) is 4.35. The van der Waals surface area contributed by atoms with Crippen LogP contribution < -0.4 is 26.5 Å². The van der Waals surface area contributed by atoms with E-state index in [9.17, 15) is 0 Å². The minimum absolute atomic E-state index is 0.532. The van der Waals surface area contributed by atoms with E-state index >= 15 is 0 Å². The zero-order valence-electron chi connectivity index (χ0n) is 8.40. The van der Waals surface area contributed by atoms with Gasteiger partial charge in [-0.1, -0.05) is 0 Å². The fourth-order valence-corrected chi connectivity index (χ4v) is 5.66. The third-order valence-electron chi connectivity index (χ3n) is 3.21. The van der Waals surface area contributed by atoms with E-state index in [0.717, 1.165) is 9.97 Å². The summed E-state index contributed by atoms with van der Waals surface area (Å²) in [5.74, 6) is 0. The second-order valence-corrected chi connectivity index (χ2v) is 8.05. The van der Waals surface area contributed by atoms with Crippen molar-refractivity contribution in [2.75, 3.05) is 11.0 Å². The summed E-state index contributed by atoms with van der Waals surface area (Å²) in [6, 6.07) is 0.882. The number of rotatable bonds is 0. The van der Waals surface area contributed by atoms with E-state index in [1.807, 2.05) is 0 Å². The molecule has 0 saturated carbocycles. The molecule has 0 radical (unpaired) electrons. The van der Waals surface area contributed by atoms with E-state index in [1.165, 1.54) is 51.5 Å². The molecule has 2 rings (SSSR count). The van der Waals surface area contributed by atoms with Crippen LogP contribution in [0.15, 0.2) is 0 Å². The number of hydrogen-bond acceptors (Lipinski definition) is 1. The third kappa shape index (κ3) is 3.39. The molecule has 13 heavy (non-hydrogen) atoms. The van der Waals surface area contributed by atoms with Gasteiger partial charge in [-0.15, -0.1) is 0 Å². The van der Waals surface area contributed by atoms with Crippen LogP contribution in [0.3, 0.4) is 0 Å². The van der Waals surface area contributed by atoms with Crippen LogP contribution in [0, 0.1) is 0 Å². The quantitative estimate of drug-likeness (QED) is 0.454. The Bertz CT molecular complexity index is 133. The monoisotopic (exact) mass is 294 g/mol. The van der Waals surface area contributed by atoms with E-state index in [1.54, 1.807) is 4.43 Å². The fraction of sp³-hybridized carbons (Fsp3) is 1.00. The van der Waals surface area contributed by atoms with Crippen LogP contribution in [0.5, 0.6) is 0 Å². The number of halogens is 1. The molecule has 0 aromatic rings. The van der Waals surface area contributed by atoms with Gasteiger partial charge in [0.2, 0.25) is 0 Å². The number of fused-ring (bicyclic) bond motifs is 3. The first kappa shape index (κ1) is 10.2. The van der Waals surface area contributed by atoms with Crippen LogP contribution in [0.4, 0.5) is 0 Å². The Balaban J connectivity index is 1.90. The second kappa shape index (κ2) is 5.54. The van der Waals surface area contributed by atoms with E-state index in [0.29, 0.717) is 21.2 Å². The summed E-state index contributed by atoms with van der Waals surface area (Å²) in [5.41, 5.74) is 0. The van der Waals surface area contributed by atoms with Crippen LogP contribution in [-0.4, -0.2) is 20.9 Å². The molecule has 0 aliphatic carbocycles. The van der Waals surface area contributed by atoms with Crippen LogP contribution in [0.25, 0.3) is 0 Å². The summed E-state index contributed by atoms with van der Waals surface area (Å²) in [6.45, 7) is 1.36. The average Bonchev–Trinajstić information content (AvgIpc) is 2.40. The van der Waals surface area contributed by atoms with Gasteiger partial charge in [0.25, 0.3) is 0 Å². The predicted octanol–water partition coefficient (Wildman–Crippen LogP) is -0.840. The summed E-state index contributed by atoms with van der Waals surface area (Å²) >= 11 is 0.532. The first-order valence-electron chi connectivity index (χ1n) is 5.76. The topological polar surface area (TPSA) is 12.0 Å². The predicted molar refractivity (Wildman–Crippen MR) is 52.8 cm³/mol. The molecule has 2 atom stereocenters. The average molecular weight is 294 g/mol. The summed E-state index contributed by atoms with van der Waals surface area (Å²) in [4.78, 5) is 0. The van der Waals surface area contributed by atoms with Crippen LogP contribution in [0.2, 0.25) is 0 Å². The zero-order chi connectivity index (χ0) is 8.93. The third-order valence-corrected chi connectivity index (χ3v) is 6.91. The van der Waals surface area contributed by atoms with Gasteiger partial charge in [-0.25, -0.2) is 0 Å². The van der Waals surface area contributed by atoms with Gasteiger partial charge < -0.3 is 0 Å². The first-order chi connectivity index (χ1) is 6.45. The summed E-state index contributed by atoms with van der Waals surface area (Å²) in [7, 11) is 0. The van der Waals surface area contributed by atoms with Crippen molar-refractivity contribution < 1.29 is 21.2 Å². The van der Waals surface area contributed by atoms with E-state index < -0.39 is 0 Å². The van der Waals surface area contributed by atoms with Crippen molar-refractivity contribution in [3.63, 3.8) is 0 Å². The van der Waals surface area contributed by atoms with Crippen LogP contribution in [0.1, 0.15) is 44.9 Å². The van der Waals surface area contributed by atoms with Crippen molar-refractivity contribution in [2.24, 2.45) is 0 Å². The van der Waals surface area contributed by atoms with Gasteiger partial charge in [-0.05, 0) is 0 Å². The van der Waals surface area contributed by atoms with Gasteiger partial charge in [0.1, 0.15) is 0 Å². The number of hydrogen-bond donors (Lipinski definition) is 1. The standard InChI is InChI=1S/C11H21IN/c1-2-6-11-7-4-5-10(9-13-11)12-8-3-1/h10-11,13H,1-9H2/q-1/t10-,11?/m1/s1. The summed E-state index contributed by atoms with van der Waals surface area (Å²) < 4.78 is 2.71. The molecule has 2 fully saturated rings. The van der Waals surface area contributed by atoms with Gasteiger partial charge in [0.05, 0.1) is 0 Å². The molecule has 2 bridgehead atoms. The SMILES string of the molecule is C1CC[I-][C@@H]2CCCC(CC1)NC2. The van der Waals surface area contributed by atoms with Crippen molar-refractivity contribution in [2.45, 2.75) is 54.9 Å². The van der Waals surface area contributed by atoms with Crippen molar-refractivity contribution in [1.82, 2.24) is 5.32 Å². The maximum absolute atomic E-state index is 3.78. The molecule has 2 heteroatoms. The molecule has 0 spiro atoms. The molecule has 0 aromatic heterocycles. The second-order valence-electron chi connectivity index (χ2n) is 4.33. The molecule has 2 aliphatic rings. The molecule has 1 N–H and O–H groups in total.